The second-order valence-corrected chi connectivity index (χ2v) is 17.6. The number of aromatic nitrogens is 1. The first-order chi connectivity index (χ1) is 21.5. The summed E-state index contributed by atoms with van der Waals surface area (Å²) < 4.78 is 15.2. The highest BCUT2D eigenvalue weighted by atomic mass is 19.1. The molecule has 1 amide bonds. The van der Waals surface area contributed by atoms with Gasteiger partial charge in [-0.3, -0.25) is 9.78 Å². The van der Waals surface area contributed by atoms with Gasteiger partial charge in [-0.1, -0.05) is 46.6 Å². The highest BCUT2D eigenvalue weighted by Gasteiger charge is 2.65. The summed E-state index contributed by atoms with van der Waals surface area (Å²) in [6.45, 7) is 13.0. The van der Waals surface area contributed by atoms with Crippen molar-refractivity contribution in [3.63, 3.8) is 0 Å². The molecule has 3 nitrogen and oxygen atoms in total. The lowest BCUT2D eigenvalue weighted by Gasteiger charge is -2.68. The lowest BCUT2D eigenvalue weighted by Crippen LogP contribution is -2.61. The van der Waals surface area contributed by atoms with Gasteiger partial charge >= 0.3 is 0 Å². The number of halogens is 1. The van der Waals surface area contributed by atoms with Gasteiger partial charge in [-0.05, 0) is 171 Å². The molecule has 0 saturated heterocycles. The monoisotopic (exact) mass is 612 g/mol. The third-order valence-corrected chi connectivity index (χ3v) is 15.0. The van der Waals surface area contributed by atoms with Gasteiger partial charge in [-0.2, -0.15) is 0 Å². The fraction of sp³-hybridized carbons (Fsp3) is 0.707. The van der Waals surface area contributed by atoms with Crippen LogP contribution in [0.3, 0.4) is 0 Å². The van der Waals surface area contributed by atoms with Gasteiger partial charge in [-0.25, -0.2) is 4.39 Å². The van der Waals surface area contributed by atoms with E-state index in [4.69, 9.17) is 0 Å². The van der Waals surface area contributed by atoms with Crippen LogP contribution in [-0.2, 0) is 13.0 Å². The van der Waals surface area contributed by atoms with Crippen LogP contribution in [-0.4, -0.2) is 10.9 Å². The summed E-state index contributed by atoms with van der Waals surface area (Å²) in [5.74, 6) is 3.93. The first-order valence-electron chi connectivity index (χ1n) is 18.4. The highest BCUT2D eigenvalue weighted by Crippen LogP contribution is 2.73. The van der Waals surface area contributed by atoms with Crippen molar-refractivity contribution in [2.45, 2.75) is 131 Å². The van der Waals surface area contributed by atoms with E-state index in [9.17, 15) is 4.79 Å². The van der Waals surface area contributed by atoms with Gasteiger partial charge in [-0.15, -0.1) is 0 Å². The van der Waals surface area contributed by atoms with Crippen LogP contribution in [0.1, 0.15) is 138 Å². The number of amides is 1. The molecule has 5 aliphatic rings. The van der Waals surface area contributed by atoms with E-state index in [-0.39, 0.29) is 11.7 Å². The molecule has 1 heterocycles. The Hall–Kier alpha value is -2.23. The van der Waals surface area contributed by atoms with E-state index < -0.39 is 0 Å². The number of pyridine rings is 1. The number of benzene rings is 1. The van der Waals surface area contributed by atoms with Crippen LogP contribution in [0.2, 0.25) is 0 Å². The Kier molecular flexibility index (Phi) is 8.00. The van der Waals surface area contributed by atoms with Crippen LogP contribution in [0.25, 0.3) is 0 Å². The van der Waals surface area contributed by atoms with E-state index >= 15 is 4.39 Å². The Morgan fingerprint density at radius 3 is 2.51 bits per heavy atom. The molecule has 1 aromatic carbocycles. The Balaban J connectivity index is 1.05. The summed E-state index contributed by atoms with van der Waals surface area (Å²) in [6.07, 6.45) is 20.3. The molecule has 0 spiro atoms. The Bertz CT molecular complexity index is 1420. The topological polar surface area (TPSA) is 42.0 Å². The molecule has 4 heteroatoms. The van der Waals surface area contributed by atoms with E-state index in [0.29, 0.717) is 39.3 Å². The average molecular weight is 613 g/mol. The molecule has 5 aliphatic carbocycles. The summed E-state index contributed by atoms with van der Waals surface area (Å²) in [4.78, 5) is 17.4. The van der Waals surface area contributed by atoms with Gasteiger partial charge in [0.1, 0.15) is 5.82 Å². The van der Waals surface area contributed by atoms with Crippen LogP contribution in [0.15, 0.2) is 36.5 Å². The van der Waals surface area contributed by atoms with Gasteiger partial charge in [0.05, 0.1) is 12.2 Å². The number of carbonyl (C=O) groups excluding carboxylic acids is 1. The van der Waals surface area contributed by atoms with Crippen molar-refractivity contribution in [3.05, 3.63) is 64.7 Å². The number of rotatable bonds is 6. The summed E-state index contributed by atoms with van der Waals surface area (Å²) in [7, 11) is 0. The van der Waals surface area contributed by atoms with E-state index in [1.54, 1.807) is 6.07 Å². The fourth-order valence-electron chi connectivity index (χ4n) is 13.1. The van der Waals surface area contributed by atoms with Gasteiger partial charge in [0.25, 0.3) is 5.91 Å². The maximum absolute atomic E-state index is 15.2. The summed E-state index contributed by atoms with van der Waals surface area (Å²) in [5, 5.41) is 2.98. The zero-order valence-corrected chi connectivity index (χ0v) is 28.7. The SMILES string of the molecule is Cc1ccc(CNC(=O)c2ccc(F)c(CCC34CCCC3C3CCC5C(C)(CCC6C(C)(C)CCCC65C)C3CC4)c2)nc1. The molecule has 1 N–H and O–H groups in total. The second kappa shape index (κ2) is 11.5. The first kappa shape index (κ1) is 31.4. The van der Waals surface area contributed by atoms with E-state index in [2.05, 4.69) is 38.0 Å². The van der Waals surface area contributed by atoms with Crippen LogP contribution >= 0.6 is 0 Å². The highest BCUT2D eigenvalue weighted by molar-refractivity contribution is 5.94. The third-order valence-electron chi connectivity index (χ3n) is 15.0. The first-order valence-corrected chi connectivity index (χ1v) is 18.4. The summed E-state index contributed by atoms with van der Waals surface area (Å²) in [6, 6.07) is 8.88. The van der Waals surface area contributed by atoms with Gasteiger partial charge in [0.15, 0.2) is 0 Å². The molecule has 45 heavy (non-hydrogen) atoms. The van der Waals surface area contributed by atoms with Crippen molar-refractivity contribution in [3.8, 4) is 0 Å². The molecule has 0 bridgehead atoms. The molecule has 244 valence electrons. The quantitative estimate of drug-likeness (QED) is 0.353. The largest absolute Gasteiger partial charge is 0.346 e. The summed E-state index contributed by atoms with van der Waals surface area (Å²) >= 11 is 0. The zero-order valence-electron chi connectivity index (χ0n) is 28.7. The maximum Gasteiger partial charge on any atom is 0.251 e. The van der Waals surface area contributed by atoms with Gasteiger partial charge < -0.3 is 5.32 Å². The van der Waals surface area contributed by atoms with E-state index in [0.717, 1.165) is 53.7 Å². The van der Waals surface area contributed by atoms with Crippen molar-refractivity contribution in [1.29, 1.82) is 0 Å². The number of fused-ring (bicyclic) bond motifs is 7. The molecule has 5 fully saturated rings. The fourth-order valence-corrected chi connectivity index (χ4v) is 13.1. The lowest BCUT2D eigenvalue weighted by molar-refractivity contribution is -0.195. The zero-order chi connectivity index (χ0) is 31.6. The molecule has 1 aromatic heterocycles. The minimum absolute atomic E-state index is 0.161. The molecule has 7 rings (SSSR count). The maximum atomic E-state index is 15.2. The predicted octanol–water partition coefficient (Wildman–Crippen LogP) is 10.2. The molecule has 8 atom stereocenters. The number of carbonyl (C=O) groups is 1. The number of aryl methyl sites for hydroxylation is 2. The minimum atomic E-state index is -0.167. The van der Waals surface area contributed by atoms with Gasteiger partial charge in [0, 0.05) is 11.8 Å². The molecule has 8 unspecified atom stereocenters. The molecule has 0 aliphatic heterocycles. The molecule has 0 radical (unpaired) electrons. The third kappa shape index (κ3) is 5.29. The molecular formula is C41H57FN2O. The lowest BCUT2D eigenvalue weighted by atomic mass is 9.36. The predicted molar refractivity (Wildman–Crippen MR) is 180 cm³/mol. The Labute approximate surface area is 272 Å². The van der Waals surface area contributed by atoms with Crippen molar-refractivity contribution in [2.24, 2.45) is 51.2 Å². The van der Waals surface area contributed by atoms with E-state index in [1.165, 1.54) is 83.1 Å². The number of hydrogen-bond acceptors (Lipinski definition) is 2. The number of nitrogens with one attached hydrogen (secondary N) is 1. The van der Waals surface area contributed by atoms with Crippen molar-refractivity contribution >= 4 is 5.91 Å². The Morgan fingerprint density at radius 2 is 1.71 bits per heavy atom. The van der Waals surface area contributed by atoms with Gasteiger partial charge in [0.2, 0.25) is 0 Å². The number of hydrogen-bond donors (Lipinski definition) is 1. The normalized spacial score (nSPS) is 38.4. The molecular weight excluding hydrogens is 555 g/mol. The van der Waals surface area contributed by atoms with Crippen molar-refractivity contribution in [1.82, 2.24) is 10.3 Å². The Morgan fingerprint density at radius 1 is 0.867 bits per heavy atom. The van der Waals surface area contributed by atoms with Crippen LogP contribution in [0.5, 0.6) is 0 Å². The second-order valence-electron chi connectivity index (χ2n) is 17.6. The number of nitrogens with zero attached hydrogens (tertiary/aromatic N) is 1. The standard InChI is InChI=1S/C41H57FN2O/c1-27-9-11-30(43-25-27)26-44-37(45)29-10-13-34(42)28(24-29)15-22-41-20-6-8-33(41)31-12-14-36-39(4,32(31)16-23-41)21-17-35-38(2,3)18-7-19-40(35,36)5/h9-11,13,24-25,31-33,35-36H,6-8,12,14-23,26H2,1-5H3,(H,44,45). The van der Waals surface area contributed by atoms with Crippen LogP contribution < -0.4 is 5.32 Å². The summed E-state index contributed by atoms with van der Waals surface area (Å²) in [5.41, 5.74) is 5.00. The van der Waals surface area contributed by atoms with Crippen molar-refractivity contribution in [2.75, 3.05) is 0 Å². The average Bonchev–Trinajstić information content (AvgIpc) is 3.44. The minimum Gasteiger partial charge on any atom is -0.346 e. The van der Waals surface area contributed by atoms with Crippen molar-refractivity contribution < 1.29 is 9.18 Å². The van der Waals surface area contributed by atoms with Crippen LogP contribution in [0, 0.1) is 64.0 Å². The smallest absolute Gasteiger partial charge is 0.251 e. The molecule has 2 aromatic rings. The van der Waals surface area contributed by atoms with E-state index in [1.807, 2.05) is 31.3 Å². The van der Waals surface area contributed by atoms with Crippen LogP contribution in [0.4, 0.5) is 4.39 Å². The molecule has 5 saturated carbocycles.